The summed E-state index contributed by atoms with van der Waals surface area (Å²) < 4.78 is 43.9. The Hall–Kier alpha value is -2.39. The number of piperidine rings is 1. The Labute approximate surface area is 135 Å². The third-order valence-electron chi connectivity index (χ3n) is 4.03. The molecule has 0 aromatic carbocycles. The Morgan fingerprint density at radius 2 is 2.04 bits per heavy atom. The molecule has 1 saturated heterocycles. The third kappa shape index (κ3) is 3.57. The molecule has 10 heteroatoms. The highest BCUT2D eigenvalue weighted by Crippen LogP contribution is 2.26. The smallest absolute Gasteiger partial charge is 0.324 e. The van der Waals surface area contributed by atoms with E-state index in [1.165, 1.54) is 4.57 Å². The van der Waals surface area contributed by atoms with Crippen LogP contribution in [0.25, 0.3) is 0 Å². The van der Waals surface area contributed by atoms with E-state index in [0.717, 1.165) is 19.2 Å². The van der Waals surface area contributed by atoms with Crippen LogP contribution in [0.15, 0.2) is 21.7 Å². The van der Waals surface area contributed by atoms with Crippen LogP contribution in [0, 0.1) is 12.8 Å². The SMILES string of the molecule is Cc1noc(N2CCC(Cn3cnc(C(F)(F)F)cc3=O)CC2)n1. The molecule has 1 aliphatic heterocycles. The largest absolute Gasteiger partial charge is 0.433 e. The lowest BCUT2D eigenvalue weighted by atomic mass is 9.97. The van der Waals surface area contributed by atoms with E-state index in [-0.39, 0.29) is 5.92 Å². The molecule has 7 nitrogen and oxygen atoms in total. The van der Waals surface area contributed by atoms with Gasteiger partial charge in [0.05, 0.1) is 6.33 Å². The van der Waals surface area contributed by atoms with Gasteiger partial charge in [-0.05, 0) is 25.7 Å². The normalized spacial score (nSPS) is 16.6. The molecule has 0 N–H and O–H groups in total. The molecule has 0 amide bonds. The predicted octanol–water partition coefficient (Wildman–Crippen LogP) is 1.87. The minimum absolute atomic E-state index is 0.182. The highest BCUT2D eigenvalue weighted by molar-refractivity contribution is 5.25. The van der Waals surface area contributed by atoms with Crippen molar-refractivity contribution in [2.75, 3.05) is 18.0 Å². The fourth-order valence-corrected chi connectivity index (χ4v) is 2.72. The van der Waals surface area contributed by atoms with Crippen LogP contribution in [0.3, 0.4) is 0 Å². The van der Waals surface area contributed by atoms with E-state index in [0.29, 0.717) is 37.5 Å². The summed E-state index contributed by atoms with van der Waals surface area (Å²) in [6, 6.07) is 1.01. The van der Waals surface area contributed by atoms with Gasteiger partial charge >= 0.3 is 12.2 Å². The Morgan fingerprint density at radius 3 is 2.58 bits per heavy atom. The van der Waals surface area contributed by atoms with Crippen molar-refractivity contribution >= 4 is 6.01 Å². The first kappa shape index (κ1) is 16.5. The standard InChI is InChI=1S/C14H16F3N5O2/c1-9-19-13(24-20-9)21-4-2-10(3-5-21)7-22-8-18-11(6-12(22)23)14(15,16)17/h6,8,10H,2-5,7H2,1H3. The number of rotatable bonds is 3. The molecule has 130 valence electrons. The van der Waals surface area contributed by atoms with Crippen molar-refractivity contribution < 1.29 is 17.7 Å². The Kier molecular flexibility index (Phi) is 4.29. The van der Waals surface area contributed by atoms with Crippen LogP contribution in [0.5, 0.6) is 0 Å². The highest BCUT2D eigenvalue weighted by atomic mass is 19.4. The summed E-state index contributed by atoms with van der Waals surface area (Å²) in [5, 5.41) is 3.74. The summed E-state index contributed by atoms with van der Waals surface area (Å²) in [4.78, 5) is 21.3. The molecule has 0 unspecified atom stereocenters. The molecule has 1 aliphatic rings. The van der Waals surface area contributed by atoms with E-state index < -0.39 is 17.4 Å². The Morgan fingerprint density at radius 1 is 1.33 bits per heavy atom. The number of aromatic nitrogens is 4. The minimum atomic E-state index is -4.61. The molecule has 0 saturated carbocycles. The van der Waals surface area contributed by atoms with E-state index in [9.17, 15) is 18.0 Å². The second-order valence-corrected chi connectivity index (χ2v) is 5.82. The first-order valence-corrected chi connectivity index (χ1v) is 7.52. The first-order chi connectivity index (χ1) is 11.3. The topological polar surface area (TPSA) is 77.0 Å². The maximum absolute atomic E-state index is 12.5. The molecule has 24 heavy (non-hydrogen) atoms. The summed E-state index contributed by atoms with van der Waals surface area (Å²) in [5.41, 5.74) is -1.85. The number of nitrogens with zero attached hydrogens (tertiary/aromatic N) is 5. The average Bonchev–Trinajstić information content (AvgIpc) is 2.95. The average molecular weight is 343 g/mol. The van der Waals surface area contributed by atoms with Crippen molar-refractivity contribution in [3.63, 3.8) is 0 Å². The lowest BCUT2D eigenvalue weighted by Crippen LogP contribution is -2.36. The Balaban J connectivity index is 1.61. The van der Waals surface area contributed by atoms with Crippen LogP contribution in [-0.2, 0) is 12.7 Å². The van der Waals surface area contributed by atoms with Crippen LogP contribution in [0.1, 0.15) is 24.4 Å². The second kappa shape index (κ2) is 6.25. The van der Waals surface area contributed by atoms with Crippen LogP contribution in [0.2, 0.25) is 0 Å². The van der Waals surface area contributed by atoms with Crippen LogP contribution in [0.4, 0.5) is 19.2 Å². The minimum Gasteiger partial charge on any atom is -0.324 e. The first-order valence-electron chi connectivity index (χ1n) is 7.52. The quantitative estimate of drug-likeness (QED) is 0.847. The van der Waals surface area contributed by atoms with Gasteiger partial charge in [0.1, 0.15) is 0 Å². The summed E-state index contributed by atoms with van der Waals surface area (Å²) in [7, 11) is 0. The lowest BCUT2D eigenvalue weighted by molar-refractivity contribution is -0.141. The monoisotopic (exact) mass is 343 g/mol. The molecule has 0 radical (unpaired) electrons. The zero-order chi connectivity index (χ0) is 17.3. The van der Waals surface area contributed by atoms with Gasteiger partial charge in [0.25, 0.3) is 5.56 Å². The highest BCUT2D eigenvalue weighted by Gasteiger charge is 2.33. The molecule has 2 aromatic heterocycles. The molecule has 3 heterocycles. The van der Waals surface area contributed by atoms with Crippen LogP contribution < -0.4 is 10.5 Å². The van der Waals surface area contributed by atoms with Gasteiger partial charge < -0.3 is 9.42 Å². The summed E-state index contributed by atoms with van der Waals surface area (Å²) in [6.07, 6.45) is -2.09. The van der Waals surface area contributed by atoms with Crippen molar-refractivity contribution in [3.05, 3.63) is 34.3 Å². The molecule has 1 fully saturated rings. The summed E-state index contributed by atoms with van der Waals surface area (Å²) in [5.74, 6) is 0.746. The molecule has 2 aromatic rings. The Bertz CT molecular complexity index is 762. The summed E-state index contributed by atoms with van der Waals surface area (Å²) >= 11 is 0. The van der Waals surface area contributed by atoms with Crippen molar-refractivity contribution in [2.45, 2.75) is 32.5 Å². The molecule has 3 rings (SSSR count). The van der Waals surface area contributed by atoms with Gasteiger partial charge in [-0.15, -0.1) is 0 Å². The van der Waals surface area contributed by atoms with E-state index in [2.05, 4.69) is 15.1 Å². The molecular weight excluding hydrogens is 327 g/mol. The maximum Gasteiger partial charge on any atom is 0.433 e. The van der Waals surface area contributed by atoms with E-state index >= 15 is 0 Å². The van der Waals surface area contributed by atoms with E-state index in [4.69, 9.17) is 4.52 Å². The third-order valence-corrected chi connectivity index (χ3v) is 4.03. The van der Waals surface area contributed by atoms with Gasteiger partial charge in [-0.3, -0.25) is 9.36 Å². The summed E-state index contributed by atoms with van der Waals surface area (Å²) in [6.45, 7) is 3.47. The lowest BCUT2D eigenvalue weighted by Gasteiger charge is -2.30. The van der Waals surface area contributed by atoms with Crippen LogP contribution >= 0.6 is 0 Å². The van der Waals surface area contributed by atoms with E-state index in [1.807, 2.05) is 4.90 Å². The van der Waals surface area contributed by atoms with E-state index in [1.54, 1.807) is 6.92 Å². The molecule has 0 aliphatic carbocycles. The van der Waals surface area contributed by atoms with Gasteiger partial charge in [0.15, 0.2) is 11.5 Å². The number of hydrogen-bond donors (Lipinski definition) is 0. The predicted molar refractivity (Wildman–Crippen MR) is 77.5 cm³/mol. The number of anilines is 1. The maximum atomic E-state index is 12.5. The number of alkyl halides is 3. The molecule has 0 spiro atoms. The molecule has 0 atom stereocenters. The number of hydrogen-bond acceptors (Lipinski definition) is 6. The second-order valence-electron chi connectivity index (χ2n) is 5.82. The van der Waals surface area contributed by atoms with Crippen molar-refractivity contribution in [1.82, 2.24) is 19.7 Å². The van der Waals surface area contributed by atoms with Crippen LogP contribution in [-0.4, -0.2) is 32.8 Å². The number of halogens is 3. The van der Waals surface area contributed by atoms with Crippen molar-refractivity contribution in [2.24, 2.45) is 5.92 Å². The zero-order valence-corrected chi connectivity index (χ0v) is 13.0. The van der Waals surface area contributed by atoms with Crippen molar-refractivity contribution in [3.8, 4) is 0 Å². The fourth-order valence-electron chi connectivity index (χ4n) is 2.72. The van der Waals surface area contributed by atoms with Gasteiger partial charge in [-0.1, -0.05) is 5.16 Å². The van der Waals surface area contributed by atoms with Gasteiger partial charge in [0.2, 0.25) is 0 Å². The van der Waals surface area contributed by atoms with Gasteiger partial charge in [-0.2, -0.15) is 18.2 Å². The fraction of sp³-hybridized carbons (Fsp3) is 0.571. The van der Waals surface area contributed by atoms with Gasteiger partial charge in [-0.25, -0.2) is 4.98 Å². The molecule has 0 bridgehead atoms. The molecular formula is C14H16F3N5O2. The van der Waals surface area contributed by atoms with Crippen molar-refractivity contribution in [1.29, 1.82) is 0 Å². The van der Waals surface area contributed by atoms with Gasteiger partial charge in [0, 0.05) is 25.7 Å². The number of aryl methyl sites for hydroxylation is 1. The zero-order valence-electron chi connectivity index (χ0n) is 13.0.